The van der Waals surface area contributed by atoms with E-state index in [2.05, 4.69) is 25.3 Å². The summed E-state index contributed by atoms with van der Waals surface area (Å²) in [6, 6.07) is 0. The van der Waals surface area contributed by atoms with Gasteiger partial charge in [-0.15, -0.1) is 0 Å². The van der Waals surface area contributed by atoms with E-state index in [-0.39, 0.29) is 12.6 Å². The summed E-state index contributed by atoms with van der Waals surface area (Å²) in [6.07, 6.45) is 0.893. The predicted octanol–water partition coefficient (Wildman–Crippen LogP) is -0.646. The van der Waals surface area contributed by atoms with Gasteiger partial charge < -0.3 is 25.9 Å². The third-order valence-corrected chi connectivity index (χ3v) is 2.17. The fraction of sp³-hybridized carbons (Fsp3) is 0.444. The van der Waals surface area contributed by atoms with Gasteiger partial charge in [0.2, 0.25) is 5.95 Å². The fourth-order valence-corrected chi connectivity index (χ4v) is 1.44. The van der Waals surface area contributed by atoms with Crippen molar-refractivity contribution in [3.8, 4) is 0 Å². The smallest absolute Gasteiger partial charge is 0.224 e. The number of methoxy groups -OCH3 is 1. The van der Waals surface area contributed by atoms with Gasteiger partial charge in [0.1, 0.15) is 5.52 Å². The number of nitrogens with one attached hydrogen (secondary N) is 2. The number of nitrogens with two attached hydrogens (primary N) is 1. The van der Waals surface area contributed by atoms with Crippen molar-refractivity contribution in [2.45, 2.75) is 6.10 Å². The number of rotatable bonds is 5. The van der Waals surface area contributed by atoms with Gasteiger partial charge >= 0.3 is 0 Å². The molecular formula is C9H14N6O2. The zero-order chi connectivity index (χ0) is 12.3. The summed E-state index contributed by atoms with van der Waals surface area (Å²) in [5.41, 5.74) is 6.69. The lowest BCUT2D eigenvalue weighted by Gasteiger charge is -2.11. The molecule has 2 aromatic heterocycles. The quantitative estimate of drug-likeness (QED) is 0.546. The molecule has 0 spiro atoms. The average Bonchev–Trinajstić information content (AvgIpc) is 2.74. The van der Waals surface area contributed by atoms with Crippen LogP contribution in [-0.2, 0) is 4.74 Å². The number of hydrogen-bond acceptors (Lipinski definition) is 7. The largest absolute Gasteiger partial charge is 0.389 e. The molecule has 0 fully saturated rings. The van der Waals surface area contributed by atoms with Crippen molar-refractivity contribution in [1.82, 2.24) is 19.9 Å². The van der Waals surface area contributed by atoms with Crippen molar-refractivity contribution in [2.75, 3.05) is 31.3 Å². The molecular weight excluding hydrogens is 224 g/mol. The SMILES string of the molecule is COCC(O)CNc1nc(N)nc2nc[nH]c12. The van der Waals surface area contributed by atoms with Crippen LogP contribution in [0.1, 0.15) is 0 Å². The van der Waals surface area contributed by atoms with Crippen LogP contribution in [0.2, 0.25) is 0 Å². The van der Waals surface area contributed by atoms with Crippen LogP contribution in [0.3, 0.4) is 0 Å². The molecule has 0 aliphatic carbocycles. The van der Waals surface area contributed by atoms with Crippen LogP contribution in [0.4, 0.5) is 11.8 Å². The van der Waals surface area contributed by atoms with Crippen LogP contribution >= 0.6 is 0 Å². The third-order valence-electron chi connectivity index (χ3n) is 2.17. The molecule has 2 aromatic rings. The van der Waals surface area contributed by atoms with Crippen molar-refractivity contribution in [3.05, 3.63) is 6.33 Å². The molecule has 5 N–H and O–H groups in total. The number of H-pyrrole nitrogens is 1. The van der Waals surface area contributed by atoms with E-state index < -0.39 is 6.10 Å². The molecule has 0 saturated carbocycles. The van der Waals surface area contributed by atoms with E-state index >= 15 is 0 Å². The van der Waals surface area contributed by atoms with Crippen LogP contribution in [0.15, 0.2) is 6.33 Å². The second-order valence-corrected chi connectivity index (χ2v) is 3.52. The number of ether oxygens (including phenoxy) is 1. The van der Waals surface area contributed by atoms with Crippen molar-refractivity contribution in [1.29, 1.82) is 0 Å². The number of imidazole rings is 1. The molecule has 2 heterocycles. The molecule has 1 atom stereocenters. The normalized spacial score (nSPS) is 12.8. The molecule has 0 bridgehead atoms. The Morgan fingerprint density at radius 1 is 1.59 bits per heavy atom. The van der Waals surface area contributed by atoms with Crippen LogP contribution in [0.5, 0.6) is 0 Å². The molecule has 17 heavy (non-hydrogen) atoms. The standard InChI is InChI=1S/C9H14N6O2/c1-17-3-5(16)2-11-7-6-8(13-4-12-6)15-9(10)14-7/h4-5,16H,2-3H2,1H3,(H4,10,11,12,13,14,15). The highest BCUT2D eigenvalue weighted by Gasteiger charge is 2.10. The summed E-state index contributed by atoms with van der Waals surface area (Å²) in [5, 5.41) is 12.5. The van der Waals surface area contributed by atoms with Gasteiger partial charge in [-0.3, -0.25) is 0 Å². The summed E-state index contributed by atoms with van der Waals surface area (Å²) in [7, 11) is 1.53. The minimum Gasteiger partial charge on any atom is -0.389 e. The van der Waals surface area contributed by atoms with Gasteiger partial charge in [0, 0.05) is 13.7 Å². The van der Waals surface area contributed by atoms with Gasteiger partial charge in [-0.1, -0.05) is 0 Å². The molecule has 92 valence electrons. The molecule has 0 aliphatic rings. The van der Waals surface area contributed by atoms with Gasteiger partial charge in [0.05, 0.1) is 19.0 Å². The van der Waals surface area contributed by atoms with E-state index in [4.69, 9.17) is 10.5 Å². The Morgan fingerprint density at radius 3 is 3.18 bits per heavy atom. The van der Waals surface area contributed by atoms with Crippen molar-refractivity contribution < 1.29 is 9.84 Å². The highest BCUT2D eigenvalue weighted by molar-refractivity contribution is 5.83. The molecule has 0 aliphatic heterocycles. The minimum atomic E-state index is -0.617. The second-order valence-electron chi connectivity index (χ2n) is 3.52. The maximum atomic E-state index is 9.51. The summed E-state index contributed by atoms with van der Waals surface area (Å²) in [4.78, 5) is 14.9. The molecule has 8 heteroatoms. The first-order chi connectivity index (χ1) is 8.20. The van der Waals surface area contributed by atoms with Crippen molar-refractivity contribution in [3.63, 3.8) is 0 Å². The van der Waals surface area contributed by atoms with E-state index in [1.807, 2.05) is 0 Å². The molecule has 0 amide bonds. The van der Waals surface area contributed by atoms with Crippen LogP contribution in [0, 0.1) is 0 Å². The van der Waals surface area contributed by atoms with Crippen LogP contribution < -0.4 is 11.1 Å². The Morgan fingerprint density at radius 2 is 2.41 bits per heavy atom. The Hall–Kier alpha value is -1.93. The number of aliphatic hydroxyl groups excluding tert-OH is 1. The number of aliphatic hydroxyl groups is 1. The van der Waals surface area contributed by atoms with Crippen molar-refractivity contribution >= 4 is 22.9 Å². The Labute approximate surface area is 97.2 Å². The van der Waals surface area contributed by atoms with Gasteiger partial charge in [-0.05, 0) is 0 Å². The number of anilines is 2. The Bertz CT molecular complexity index is 499. The molecule has 0 radical (unpaired) electrons. The number of aromatic amines is 1. The lowest BCUT2D eigenvalue weighted by Crippen LogP contribution is -2.24. The number of nitrogen functional groups attached to an aromatic ring is 1. The van der Waals surface area contributed by atoms with E-state index in [9.17, 15) is 5.11 Å². The lowest BCUT2D eigenvalue weighted by molar-refractivity contribution is 0.0727. The third kappa shape index (κ3) is 2.60. The van der Waals surface area contributed by atoms with Crippen molar-refractivity contribution in [2.24, 2.45) is 0 Å². The lowest BCUT2D eigenvalue weighted by atomic mass is 10.3. The van der Waals surface area contributed by atoms with Gasteiger partial charge in [-0.25, -0.2) is 4.98 Å². The van der Waals surface area contributed by atoms with Gasteiger partial charge in [0.15, 0.2) is 11.5 Å². The highest BCUT2D eigenvalue weighted by Crippen LogP contribution is 2.16. The molecule has 0 saturated heterocycles. The zero-order valence-corrected chi connectivity index (χ0v) is 9.34. The Balaban J connectivity index is 2.14. The zero-order valence-electron chi connectivity index (χ0n) is 9.34. The Kier molecular flexibility index (Phi) is 3.35. The highest BCUT2D eigenvalue weighted by atomic mass is 16.5. The first-order valence-corrected chi connectivity index (χ1v) is 5.08. The number of hydrogen-bond donors (Lipinski definition) is 4. The number of nitrogens with zero attached hydrogens (tertiary/aromatic N) is 3. The predicted molar refractivity (Wildman–Crippen MR) is 62.5 cm³/mol. The minimum absolute atomic E-state index is 0.133. The molecule has 2 rings (SSSR count). The molecule has 1 unspecified atom stereocenters. The maximum Gasteiger partial charge on any atom is 0.224 e. The van der Waals surface area contributed by atoms with E-state index in [0.717, 1.165) is 0 Å². The average molecular weight is 238 g/mol. The second kappa shape index (κ2) is 4.93. The topological polar surface area (TPSA) is 122 Å². The molecule has 8 nitrogen and oxygen atoms in total. The first kappa shape index (κ1) is 11.6. The van der Waals surface area contributed by atoms with Crippen LogP contribution in [0.25, 0.3) is 11.2 Å². The first-order valence-electron chi connectivity index (χ1n) is 5.08. The van der Waals surface area contributed by atoms with E-state index in [1.54, 1.807) is 0 Å². The number of aromatic nitrogens is 4. The van der Waals surface area contributed by atoms with E-state index in [0.29, 0.717) is 23.5 Å². The summed E-state index contributed by atoms with van der Waals surface area (Å²) in [6.45, 7) is 0.554. The molecule has 0 aromatic carbocycles. The summed E-state index contributed by atoms with van der Waals surface area (Å²) < 4.78 is 4.82. The summed E-state index contributed by atoms with van der Waals surface area (Å²) in [5.74, 6) is 0.647. The van der Waals surface area contributed by atoms with Gasteiger partial charge in [-0.2, -0.15) is 9.97 Å². The van der Waals surface area contributed by atoms with Gasteiger partial charge in [0.25, 0.3) is 0 Å². The summed E-state index contributed by atoms with van der Waals surface area (Å²) >= 11 is 0. The fourth-order valence-electron chi connectivity index (χ4n) is 1.44. The maximum absolute atomic E-state index is 9.51. The van der Waals surface area contributed by atoms with E-state index in [1.165, 1.54) is 13.4 Å². The number of fused-ring (bicyclic) bond motifs is 1. The monoisotopic (exact) mass is 238 g/mol. The van der Waals surface area contributed by atoms with Crippen LogP contribution in [-0.4, -0.2) is 51.4 Å².